The molecule has 0 saturated carbocycles. The first kappa shape index (κ1) is 17.3. The van der Waals surface area contributed by atoms with E-state index in [9.17, 15) is 13.2 Å². The Kier molecular flexibility index (Phi) is 4.58. The van der Waals surface area contributed by atoms with E-state index < -0.39 is 9.84 Å². The second kappa shape index (κ2) is 6.89. The fourth-order valence-electron chi connectivity index (χ4n) is 3.37. The molecule has 5 nitrogen and oxygen atoms in total. The fraction of sp³-hybridized carbons (Fsp3) is 0.263. The Bertz CT molecular complexity index is 943. The SMILES string of the molecule is O=C(Cc1ccccc1)N=C1S[C@H]2CS(=O)(=O)C[C@H]2N1c1ccccc1. The molecule has 2 aromatic rings. The first-order chi connectivity index (χ1) is 12.5. The van der Waals surface area contributed by atoms with Crippen LogP contribution in [0, 0.1) is 0 Å². The third-order valence-electron chi connectivity index (χ3n) is 4.52. The van der Waals surface area contributed by atoms with Gasteiger partial charge in [-0.2, -0.15) is 4.99 Å². The average Bonchev–Trinajstić information content (AvgIpc) is 3.07. The number of benzene rings is 2. The van der Waals surface area contributed by atoms with Crippen LogP contribution in [0.25, 0.3) is 0 Å². The van der Waals surface area contributed by atoms with Gasteiger partial charge in [-0.25, -0.2) is 8.42 Å². The molecule has 0 N–H and O–H groups in total. The summed E-state index contributed by atoms with van der Waals surface area (Å²) in [5.41, 5.74) is 1.79. The van der Waals surface area contributed by atoms with Crippen LogP contribution in [0.1, 0.15) is 5.56 Å². The number of rotatable bonds is 3. The Morgan fingerprint density at radius 1 is 1.04 bits per heavy atom. The third-order valence-corrected chi connectivity index (χ3v) is 7.73. The summed E-state index contributed by atoms with van der Waals surface area (Å²) in [7, 11) is -3.05. The summed E-state index contributed by atoms with van der Waals surface area (Å²) in [5.74, 6) is 0.0192. The molecule has 0 spiro atoms. The van der Waals surface area contributed by atoms with E-state index in [-0.39, 0.29) is 35.1 Å². The molecule has 2 aliphatic rings. The van der Waals surface area contributed by atoms with Gasteiger partial charge in [0.25, 0.3) is 5.91 Å². The Balaban J connectivity index is 1.63. The first-order valence-electron chi connectivity index (χ1n) is 8.39. The smallest absolute Gasteiger partial charge is 0.252 e. The van der Waals surface area contributed by atoms with Crippen LogP contribution in [-0.2, 0) is 21.1 Å². The molecular formula is C19H18N2O3S2. The minimum Gasteiger partial charge on any atom is -0.316 e. The van der Waals surface area contributed by atoms with Gasteiger partial charge in [0.2, 0.25) is 0 Å². The molecule has 0 radical (unpaired) electrons. The number of fused-ring (bicyclic) bond motifs is 1. The quantitative estimate of drug-likeness (QED) is 0.811. The van der Waals surface area contributed by atoms with Crippen LogP contribution in [0.4, 0.5) is 5.69 Å². The number of thioether (sulfide) groups is 1. The summed E-state index contributed by atoms with van der Waals surface area (Å²) in [6.45, 7) is 0. The number of amidine groups is 1. The molecule has 0 aliphatic carbocycles. The standard InChI is InChI=1S/C19H18N2O3S2/c22-18(11-14-7-3-1-4-8-14)20-19-21(15-9-5-2-6-10-15)16-12-26(23,24)13-17(16)25-19/h1-10,16-17H,11-13H2/t16-,17+/m1/s1. The zero-order chi connectivity index (χ0) is 18.1. The zero-order valence-corrected chi connectivity index (χ0v) is 15.6. The van der Waals surface area contributed by atoms with E-state index in [1.807, 2.05) is 65.6 Å². The lowest BCUT2D eigenvalue weighted by Gasteiger charge is -2.24. The lowest BCUT2D eigenvalue weighted by atomic mass is 10.1. The molecule has 134 valence electrons. The van der Waals surface area contributed by atoms with E-state index in [1.165, 1.54) is 11.8 Å². The third kappa shape index (κ3) is 3.54. The number of nitrogens with zero attached hydrogens (tertiary/aromatic N) is 2. The lowest BCUT2D eigenvalue weighted by molar-refractivity contribution is -0.117. The van der Waals surface area contributed by atoms with E-state index in [4.69, 9.17) is 0 Å². The average molecular weight is 386 g/mol. The van der Waals surface area contributed by atoms with Crippen molar-refractivity contribution in [2.24, 2.45) is 4.99 Å². The molecule has 1 amide bonds. The van der Waals surface area contributed by atoms with Gasteiger partial charge in [0.1, 0.15) is 0 Å². The minimum absolute atomic E-state index is 0.0801. The molecule has 0 bridgehead atoms. The van der Waals surface area contributed by atoms with Crippen LogP contribution in [0.5, 0.6) is 0 Å². The highest BCUT2D eigenvalue weighted by Crippen LogP contribution is 2.40. The van der Waals surface area contributed by atoms with Gasteiger partial charge in [-0.3, -0.25) is 4.79 Å². The van der Waals surface area contributed by atoms with Crippen LogP contribution in [-0.4, -0.2) is 42.3 Å². The Hall–Kier alpha value is -2.12. The largest absolute Gasteiger partial charge is 0.316 e. The number of para-hydroxylation sites is 1. The van der Waals surface area contributed by atoms with Gasteiger partial charge >= 0.3 is 0 Å². The summed E-state index contributed by atoms with van der Waals surface area (Å²) in [6.07, 6.45) is 0.237. The minimum atomic E-state index is -3.05. The molecule has 2 atom stereocenters. The second-order valence-electron chi connectivity index (χ2n) is 6.46. The Morgan fingerprint density at radius 2 is 1.69 bits per heavy atom. The van der Waals surface area contributed by atoms with Gasteiger partial charge in [0.05, 0.1) is 24.0 Å². The van der Waals surface area contributed by atoms with Crippen LogP contribution >= 0.6 is 11.8 Å². The number of aliphatic imine (C=N–C) groups is 1. The summed E-state index contributed by atoms with van der Waals surface area (Å²) < 4.78 is 24.1. The van der Waals surface area contributed by atoms with Gasteiger partial charge in [-0.1, -0.05) is 60.3 Å². The number of hydrogen-bond donors (Lipinski definition) is 0. The molecule has 2 aliphatic heterocycles. The molecule has 26 heavy (non-hydrogen) atoms. The Labute approximate surface area is 157 Å². The highest BCUT2D eigenvalue weighted by Gasteiger charge is 2.49. The van der Waals surface area contributed by atoms with Crippen molar-refractivity contribution in [1.29, 1.82) is 0 Å². The van der Waals surface area contributed by atoms with Crippen molar-refractivity contribution in [3.8, 4) is 0 Å². The number of hydrogen-bond acceptors (Lipinski definition) is 4. The second-order valence-corrected chi connectivity index (χ2v) is 9.82. The zero-order valence-electron chi connectivity index (χ0n) is 14.0. The molecule has 2 fully saturated rings. The molecule has 7 heteroatoms. The van der Waals surface area contributed by atoms with Crippen LogP contribution in [0.2, 0.25) is 0 Å². The maximum Gasteiger partial charge on any atom is 0.252 e. The van der Waals surface area contributed by atoms with Gasteiger partial charge in [0, 0.05) is 10.9 Å². The van der Waals surface area contributed by atoms with E-state index in [0.29, 0.717) is 5.17 Å². The number of amides is 1. The maximum absolute atomic E-state index is 12.4. The van der Waals surface area contributed by atoms with E-state index in [2.05, 4.69) is 4.99 Å². The summed E-state index contributed by atoms with van der Waals surface area (Å²) in [4.78, 5) is 18.7. The predicted molar refractivity (Wildman–Crippen MR) is 105 cm³/mol. The Morgan fingerprint density at radius 3 is 2.38 bits per heavy atom. The number of carbonyl (C=O) groups is 1. The van der Waals surface area contributed by atoms with E-state index in [0.717, 1.165) is 11.3 Å². The van der Waals surface area contributed by atoms with Crippen LogP contribution in [0.3, 0.4) is 0 Å². The topological polar surface area (TPSA) is 66.8 Å². The summed E-state index contributed by atoms with van der Waals surface area (Å²) in [6, 6.07) is 18.9. The first-order valence-corrected chi connectivity index (χ1v) is 11.1. The van der Waals surface area contributed by atoms with Crippen molar-refractivity contribution in [2.45, 2.75) is 17.7 Å². The van der Waals surface area contributed by atoms with Crippen molar-refractivity contribution < 1.29 is 13.2 Å². The van der Waals surface area contributed by atoms with Crippen molar-refractivity contribution >= 4 is 38.4 Å². The highest BCUT2D eigenvalue weighted by atomic mass is 32.2. The predicted octanol–water partition coefficient (Wildman–Crippen LogP) is 2.53. The van der Waals surface area contributed by atoms with Crippen LogP contribution in [0.15, 0.2) is 65.7 Å². The van der Waals surface area contributed by atoms with Gasteiger partial charge in [-0.05, 0) is 17.7 Å². The van der Waals surface area contributed by atoms with Crippen molar-refractivity contribution in [3.05, 3.63) is 66.2 Å². The normalized spacial score (nSPS) is 25.4. The van der Waals surface area contributed by atoms with Gasteiger partial charge in [-0.15, -0.1) is 0 Å². The molecule has 2 heterocycles. The van der Waals surface area contributed by atoms with Crippen LogP contribution < -0.4 is 4.90 Å². The fourth-order valence-corrected chi connectivity index (χ4v) is 7.30. The monoisotopic (exact) mass is 386 g/mol. The summed E-state index contributed by atoms with van der Waals surface area (Å²) >= 11 is 1.40. The molecule has 0 aromatic heterocycles. The maximum atomic E-state index is 12.4. The molecule has 4 rings (SSSR count). The summed E-state index contributed by atoms with van der Waals surface area (Å²) in [5, 5.41) is 0.519. The molecule has 2 aromatic carbocycles. The molecule has 2 saturated heterocycles. The van der Waals surface area contributed by atoms with Crippen molar-refractivity contribution in [3.63, 3.8) is 0 Å². The van der Waals surface area contributed by atoms with E-state index in [1.54, 1.807) is 0 Å². The lowest BCUT2D eigenvalue weighted by Crippen LogP contribution is -2.37. The highest BCUT2D eigenvalue weighted by molar-refractivity contribution is 8.16. The molecule has 0 unspecified atom stereocenters. The molecular weight excluding hydrogens is 368 g/mol. The van der Waals surface area contributed by atoms with E-state index >= 15 is 0 Å². The van der Waals surface area contributed by atoms with Crippen molar-refractivity contribution in [1.82, 2.24) is 0 Å². The van der Waals surface area contributed by atoms with Crippen molar-refractivity contribution in [2.75, 3.05) is 16.4 Å². The number of sulfone groups is 1. The number of anilines is 1. The number of carbonyl (C=O) groups excluding carboxylic acids is 1. The van der Waals surface area contributed by atoms with Gasteiger partial charge in [0.15, 0.2) is 15.0 Å². The van der Waals surface area contributed by atoms with Gasteiger partial charge < -0.3 is 4.90 Å².